The molecule has 0 aliphatic carbocycles. The molecule has 0 spiro atoms. The standard InChI is InChI=1S/C18H11BO2/c19-10-5-8-16-14(9-10)13-7-6-12-11-3-1-2-4-15(11)20-17(12)18(13)21-16/h1-9H,19H2. The number of fused-ring (bicyclic) bond motifs is 7. The van der Waals surface area contributed by atoms with Crippen molar-refractivity contribution in [3.05, 3.63) is 54.6 Å². The fourth-order valence-corrected chi connectivity index (χ4v) is 3.13. The Bertz CT molecular complexity index is 1150. The summed E-state index contributed by atoms with van der Waals surface area (Å²) in [5, 5.41) is 4.49. The molecule has 0 N–H and O–H groups in total. The lowest BCUT2D eigenvalue weighted by atomic mass is 9.94. The van der Waals surface area contributed by atoms with E-state index in [9.17, 15) is 0 Å². The van der Waals surface area contributed by atoms with E-state index in [1.54, 1.807) is 0 Å². The minimum absolute atomic E-state index is 0.836. The van der Waals surface area contributed by atoms with Crippen LogP contribution in [0.4, 0.5) is 0 Å². The van der Waals surface area contributed by atoms with Gasteiger partial charge in [-0.1, -0.05) is 35.8 Å². The zero-order chi connectivity index (χ0) is 14.0. The van der Waals surface area contributed by atoms with Crippen LogP contribution in [0.2, 0.25) is 0 Å². The molecule has 0 saturated heterocycles. The average Bonchev–Trinajstić information content (AvgIpc) is 3.05. The Hall–Kier alpha value is -2.68. The summed E-state index contributed by atoms with van der Waals surface area (Å²) in [6, 6.07) is 18.6. The van der Waals surface area contributed by atoms with Crippen LogP contribution in [0, 0.1) is 0 Å². The number of hydrogen-bond donors (Lipinski definition) is 0. The summed E-state index contributed by atoms with van der Waals surface area (Å²) in [7, 11) is 2.10. The molecule has 0 fully saturated rings. The first-order valence-corrected chi connectivity index (χ1v) is 7.04. The molecule has 98 valence electrons. The van der Waals surface area contributed by atoms with E-state index in [2.05, 4.69) is 38.2 Å². The number of rotatable bonds is 0. The fourth-order valence-electron chi connectivity index (χ4n) is 3.13. The van der Waals surface area contributed by atoms with E-state index in [0.717, 1.165) is 43.9 Å². The van der Waals surface area contributed by atoms with Crippen LogP contribution in [-0.2, 0) is 0 Å². The van der Waals surface area contributed by atoms with E-state index in [0.29, 0.717) is 0 Å². The summed E-state index contributed by atoms with van der Waals surface area (Å²) < 4.78 is 12.1. The van der Waals surface area contributed by atoms with Crippen LogP contribution in [0.3, 0.4) is 0 Å². The monoisotopic (exact) mass is 270 g/mol. The molecule has 2 aromatic heterocycles. The Morgan fingerprint density at radius 1 is 0.619 bits per heavy atom. The highest BCUT2D eigenvalue weighted by molar-refractivity contribution is 6.34. The minimum Gasteiger partial charge on any atom is -0.452 e. The molecule has 3 aromatic carbocycles. The van der Waals surface area contributed by atoms with Crippen molar-refractivity contribution in [2.24, 2.45) is 0 Å². The van der Waals surface area contributed by atoms with Crippen LogP contribution in [-0.4, -0.2) is 7.85 Å². The van der Waals surface area contributed by atoms with E-state index in [4.69, 9.17) is 8.83 Å². The summed E-state index contributed by atoms with van der Waals surface area (Å²) in [6.07, 6.45) is 0. The third-order valence-corrected chi connectivity index (χ3v) is 4.14. The average molecular weight is 270 g/mol. The van der Waals surface area contributed by atoms with Crippen molar-refractivity contribution >= 4 is 57.2 Å². The van der Waals surface area contributed by atoms with Crippen molar-refractivity contribution in [2.75, 3.05) is 0 Å². The van der Waals surface area contributed by atoms with Crippen LogP contribution in [0.25, 0.3) is 43.9 Å². The van der Waals surface area contributed by atoms with E-state index in [-0.39, 0.29) is 0 Å². The van der Waals surface area contributed by atoms with Gasteiger partial charge in [0.1, 0.15) is 19.0 Å². The maximum absolute atomic E-state index is 6.06. The first-order valence-electron chi connectivity index (χ1n) is 7.04. The van der Waals surface area contributed by atoms with Crippen LogP contribution in [0.5, 0.6) is 0 Å². The van der Waals surface area contributed by atoms with Crippen LogP contribution >= 0.6 is 0 Å². The Morgan fingerprint density at radius 2 is 1.29 bits per heavy atom. The summed E-state index contributed by atoms with van der Waals surface area (Å²) in [5.74, 6) is 0. The van der Waals surface area contributed by atoms with Gasteiger partial charge in [0.25, 0.3) is 0 Å². The first-order chi connectivity index (χ1) is 10.3. The Balaban J connectivity index is 2.06. The van der Waals surface area contributed by atoms with Crippen LogP contribution < -0.4 is 5.46 Å². The Kier molecular flexibility index (Phi) is 1.94. The third kappa shape index (κ3) is 1.38. The van der Waals surface area contributed by atoms with Gasteiger partial charge < -0.3 is 8.83 Å². The first kappa shape index (κ1) is 11.0. The van der Waals surface area contributed by atoms with Crippen LogP contribution in [0.1, 0.15) is 0 Å². The van der Waals surface area contributed by atoms with E-state index in [1.165, 1.54) is 5.46 Å². The smallest absolute Gasteiger partial charge is 0.178 e. The summed E-state index contributed by atoms with van der Waals surface area (Å²) in [4.78, 5) is 0. The minimum atomic E-state index is 0.836. The highest BCUT2D eigenvalue weighted by Crippen LogP contribution is 2.37. The number of benzene rings is 3. The molecular formula is C18H11BO2. The molecular weight excluding hydrogens is 259 g/mol. The normalized spacial score (nSPS) is 12.0. The molecule has 21 heavy (non-hydrogen) atoms. The summed E-state index contributed by atoms with van der Waals surface area (Å²) in [6.45, 7) is 0. The van der Waals surface area contributed by atoms with E-state index in [1.807, 2.05) is 24.3 Å². The number of para-hydroxylation sites is 1. The molecule has 0 atom stereocenters. The Morgan fingerprint density at radius 3 is 2.10 bits per heavy atom. The molecule has 3 heteroatoms. The lowest BCUT2D eigenvalue weighted by Gasteiger charge is -1.92. The van der Waals surface area contributed by atoms with Gasteiger partial charge in [-0.3, -0.25) is 0 Å². The van der Waals surface area contributed by atoms with Crippen molar-refractivity contribution in [1.82, 2.24) is 0 Å². The van der Waals surface area contributed by atoms with Crippen molar-refractivity contribution in [1.29, 1.82) is 0 Å². The van der Waals surface area contributed by atoms with Gasteiger partial charge >= 0.3 is 0 Å². The van der Waals surface area contributed by atoms with Gasteiger partial charge in [-0.05, 0) is 24.3 Å². The second-order valence-corrected chi connectivity index (χ2v) is 5.52. The quantitative estimate of drug-likeness (QED) is 0.401. The maximum atomic E-state index is 6.06. The van der Waals surface area contributed by atoms with Crippen molar-refractivity contribution in [3.63, 3.8) is 0 Å². The van der Waals surface area contributed by atoms with Crippen molar-refractivity contribution < 1.29 is 8.83 Å². The summed E-state index contributed by atoms with van der Waals surface area (Å²) in [5.41, 5.74) is 4.71. The van der Waals surface area contributed by atoms with Gasteiger partial charge in [0.2, 0.25) is 0 Å². The van der Waals surface area contributed by atoms with Gasteiger partial charge in [-0.25, -0.2) is 0 Å². The van der Waals surface area contributed by atoms with Crippen LogP contribution in [0.15, 0.2) is 63.4 Å². The SMILES string of the molecule is Bc1ccc2oc3c(ccc4c5ccccc5oc43)c2c1. The third-order valence-electron chi connectivity index (χ3n) is 4.14. The van der Waals surface area contributed by atoms with Gasteiger partial charge in [-0.15, -0.1) is 0 Å². The van der Waals surface area contributed by atoms with Gasteiger partial charge in [0.05, 0.1) is 0 Å². The van der Waals surface area contributed by atoms with Crippen molar-refractivity contribution in [2.45, 2.75) is 0 Å². The number of hydrogen-bond acceptors (Lipinski definition) is 2. The van der Waals surface area contributed by atoms with Gasteiger partial charge in [-0.2, -0.15) is 0 Å². The molecule has 0 aliphatic rings. The molecule has 2 nitrogen and oxygen atoms in total. The van der Waals surface area contributed by atoms with E-state index >= 15 is 0 Å². The maximum Gasteiger partial charge on any atom is 0.178 e. The highest BCUT2D eigenvalue weighted by Gasteiger charge is 2.15. The molecule has 0 amide bonds. The largest absolute Gasteiger partial charge is 0.452 e. The molecule has 0 unspecified atom stereocenters. The molecule has 0 saturated carbocycles. The highest BCUT2D eigenvalue weighted by atomic mass is 16.4. The molecule has 5 rings (SSSR count). The Labute approximate surface area is 121 Å². The second-order valence-electron chi connectivity index (χ2n) is 5.52. The second kappa shape index (κ2) is 3.70. The number of furan rings is 2. The predicted octanol–water partition coefficient (Wildman–Crippen LogP) is 3.74. The van der Waals surface area contributed by atoms with E-state index < -0.39 is 0 Å². The lowest BCUT2D eigenvalue weighted by molar-refractivity contribution is 0.633. The summed E-state index contributed by atoms with van der Waals surface area (Å²) >= 11 is 0. The van der Waals surface area contributed by atoms with Gasteiger partial charge in [0.15, 0.2) is 11.2 Å². The topological polar surface area (TPSA) is 26.3 Å². The molecule has 2 heterocycles. The molecule has 5 aromatic rings. The molecule has 0 radical (unpaired) electrons. The predicted molar refractivity (Wildman–Crippen MR) is 89.2 cm³/mol. The van der Waals surface area contributed by atoms with Gasteiger partial charge in [0, 0.05) is 21.5 Å². The fraction of sp³-hybridized carbons (Fsp3) is 0. The lowest BCUT2D eigenvalue weighted by Crippen LogP contribution is -1.98. The molecule has 0 aliphatic heterocycles. The zero-order valence-electron chi connectivity index (χ0n) is 11.5. The van der Waals surface area contributed by atoms with Crippen molar-refractivity contribution in [3.8, 4) is 0 Å². The molecule has 0 bridgehead atoms. The zero-order valence-corrected chi connectivity index (χ0v) is 11.5.